The average molecular weight is 367 g/mol. The molecule has 2 rings (SSSR count). The molecule has 0 radical (unpaired) electrons. The summed E-state index contributed by atoms with van der Waals surface area (Å²) in [4.78, 5) is 12.0. The van der Waals surface area contributed by atoms with Gasteiger partial charge in [0.25, 0.3) is 0 Å². The minimum Gasteiger partial charge on any atom is -0.380 e. The normalized spacial score (nSPS) is 22.3. The van der Waals surface area contributed by atoms with Crippen molar-refractivity contribution >= 4 is 27.5 Å². The van der Waals surface area contributed by atoms with Crippen LogP contribution in [0.3, 0.4) is 0 Å². The molecule has 21 heavy (non-hydrogen) atoms. The summed E-state index contributed by atoms with van der Waals surface area (Å²) in [6.07, 6.45) is -4.03. The predicted molar refractivity (Wildman–Crippen MR) is 75.0 cm³/mol. The Morgan fingerprint density at radius 3 is 2.71 bits per heavy atom. The number of halogens is 4. The first-order valence-corrected chi connectivity index (χ1v) is 7.03. The van der Waals surface area contributed by atoms with Gasteiger partial charge in [0.15, 0.2) is 0 Å². The van der Waals surface area contributed by atoms with E-state index in [-0.39, 0.29) is 22.2 Å². The van der Waals surface area contributed by atoms with Gasteiger partial charge in [0, 0.05) is 23.8 Å². The van der Waals surface area contributed by atoms with Crippen LogP contribution in [0.2, 0.25) is 0 Å². The molecule has 0 spiro atoms. The first-order valence-electron chi connectivity index (χ1n) is 6.24. The number of amides is 1. The molecular weight excluding hydrogens is 353 g/mol. The lowest BCUT2D eigenvalue weighted by Gasteiger charge is -2.14. The fourth-order valence-corrected chi connectivity index (χ4v) is 2.63. The topological polar surface area (TPSA) is 50.4 Å². The van der Waals surface area contributed by atoms with Gasteiger partial charge in [0.2, 0.25) is 5.91 Å². The van der Waals surface area contributed by atoms with E-state index in [1.165, 1.54) is 6.07 Å². The van der Waals surface area contributed by atoms with E-state index in [4.69, 9.17) is 4.74 Å². The molecule has 0 aliphatic carbocycles. The zero-order valence-electron chi connectivity index (χ0n) is 11.1. The van der Waals surface area contributed by atoms with Gasteiger partial charge in [-0.05, 0) is 24.6 Å². The van der Waals surface area contributed by atoms with Crippen LogP contribution in [0.25, 0.3) is 0 Å². The fourth-order valence-electron chi connectivity index (χ4n) is 2.14. The van der Waals surface area contributed by atoms with Gasteiger partial charge >= 0.3 is 6.18 Å². The second-order valence-electron chi connectivity index (χ2n) is 4.77. The summed E-state index contributed by atoms with van der Waals surface area (Å²) in [5.74, 6) is -0.374. The van der Waals surface area contributed by atoms with E-state index in [1.807, 2.05) is 0 Å². The third kappa shape index (κ3) is 4.18. The number of nitrogens with one attached hydrogen (secondary N) is 2. The Hall–Kier alpha value is -1.12. The second-order valence-corrected chi connectivity index (χ2v) is 5.69. The van der Waals surface area contributed by atoms with Gasteiger partial charge in [0.1, 0.15) is 0 Å². The number of ether oxygens (including phenoxy) is 1. The zero-order chi connectivity index (χ0) is 15.6. The highest BCUT2D eigenvalue weighted by atomic mass is 79.9. The SMILES string of the molecule is COC1CNC(C(=O)Nc2cc(Br)cc(C(F)(F)F)c2)C1. The molecule has 1 fully saturated rings. The van der Waals surface area contributed by atoms with Gasteiger partial charge < -0.3 is 15.4 Å². The number of alkyl halides is 3. The van der Waals surface area contributed by atoms with E-state index in [0.29, 0.717) is 13.0 Å². The summed E-state index contributed by atoms with van der Waals surface area (Å²) in [5, 5.41) is 5.46. The first kappa shape index (κ1) is 16.3. The van der Waals surface area contributed by atoms with Gasteiger partial charge in [-0.25, -0.2) is 0 Å². The van der Waals surface area contributed by atoms with Gasteiger partial charge in [-0.1, -0.05) is 15.9 Å². The van der Waals surface area contributed by atoms with Crippen molar-refractivity contribution in [3.05, 3.63) is 28.2 Å². The maximum atomic E-state index is 12.7. The number of carbonyl (C=O) groups is 1. The van der Waals surface area contributed by atoms with Crippen molar-refractivity contribution in [2.45, 2.75) is 24.7 Å². The largest absolute Gasteiger partial charge is 0.416 e. The highest BCUT2D eigenvalue weighted by Crippen LogP contribution is 2.33. The van der Waals surface area contributed by atoms with E-state index >= 15 is 0 Å². The predicted octanol–water partition coefficient (Wildman–Crippen LogP) is 2.78. The molecule has 116 valence electrons. The molecule has 1 aliphatic rings. The molecule has 2 unspecified atom stereocenters. The van der Waals surface area contributed by atoms with Crippen LogP contribution in [0.1, 0.15) is 12.0 Å². The van der Waals surface area contributed by atoms with Crippen molar-refractivity contribution in [3.63, 3.8) is 0 Å². The Morgan fingerprint density at radius 2 is 2.14 bits per heavy atom. The van der Waals surface area contributed by atoms with Crippen molar-refractivity contribution in [1.82, 2.24) is 5.32 Å². The van der Waals surface area contributed by atoms with Crippen LogP contribution in [0, 0.1) is 0 Å². The molecule has 1 heterocycles. The number of methoxy groups -OCH3 is 1. The second kappa shape index (κ2) is 6.33. The van der Waals surface area contributed by atoms with Crippen LogP contribution in [-0.4, -0.2) is 31.7 Å². The maximum Gasteiger partial charge on any atom is 0.416 e. The molecular formula is C13H14BrF3N2O2. The molecule has 0 bridgehead atoms. The minimum atomic E-state index is -4.46. The highest BCUT2D eigenvalue weighted by Gasteiger charge is 2.32. The lowest BCUT2D eigenvalue weighted by Crippen LogP contribution is -2.35. The van der Waals surface area contributed by atoms with Crippen LogP contribution in [0.4, 0.5) is 18.9 Å². The summed E-state index contributed by atoms with van der Waals surface area (Å²) in [7, 11) is 1.55. The Labute approximate surface area is 128 Å². The standard InChI is InChI=1S/C13H14BrF3N2O2/c1-21-10-5-11(18-6-10)12(20)19-9-3-7(13(15,16)17)2-8(14)4-9/h2-4,10-11,18H,5-6H2,1H3,(H,19,20). The van der Waals surface area contributed by atoms with E-state index in [2.05, 4.69) is 26.6 Å². The molecule has 4 nitrogen and oxygen atoms in total. The van der Waals surface area contributed by atoms with Crippen LogP contribution in [-0.2, 0) is 15.7 Å². The fraction of sp³-hybridized carbons (Fsp3) is 0.462. The molecule has 1 aromatic rings. The summed E-state index contributed by atoms with van der Waals surface area (Å²) in [5.41, 5.74) is -0.717. The molecule has 1 aromatic carbocycles. The Kier molecular flexibility index (Phi) is 4.90. The molecule has 2 N–H and O–H groups in total. The molecule has 1 aliphatic heterocycles. The monoisotopic (exact) mass is 366 g/mol. The van der Waals surface area contributed by atoms with Crippen LogP contribution < -0.4 is 10.6 Å². The maximum absolute atomic E-state index is 12.7. The molecule has 2 atom stereocenters. The van der Waals surface area contributed by atoms with Crippen molar-refractivity contribution < 1.29 is 22.7 Å². The number of anilines is 1. The highest BCUT2D eigenvalue weighted by molar-refractivity contribution is 9.10. The minimum absolute atomic E-state index is 0.0611. The summed E-state index contributed by atoms with van der Waals surface area (Å²) in [6, 6.07) is 2.83. The zero-order valence-corrected chi connectivity index (χ0v) is 12.7. The number of hydrogen-bond donors (Lipinski definition) is 2. The molecule has 1 amide bonds. The Bertz CT molecular complexity index is 537. The number of rotatable bonds is 3. The summed E-state index contributed by atoms with van der Waals surface area (Å²) in [6.45, 7) is 0.543. The van der Waals surface area contributed by atoms with Gasteiger partial charge in [-0.2, -0.15) is 13.2 Å². The van der Waals surface area contributed by atoms with Crippen LogP contribution in [0.5, 0.6) is 0 Å². The van der Waals surface area contributed by atoms with E-state index in [1.54, 1.807) is 7.11 Å². The summed E-state index contributed by atoms with van der Waals surface area (Å²) >= 11 is 3.01. The molecule has 0 saturated carbocycles. The van der Waals surface area contributed by atoms with Gasteiger partial charge in [-0.3, -0.25) is 4.79 Å². The molecule has 8 heteroatoms. The van der Waals surface area contributed by atoms with Crippen molar-refractivity contribution in [2.24, 2.45) is 0 Å². The molecule has 0 aromatic heterocycles. The third-order valence-electron chi connectivity index (χ3n) is 3.23. The lowest BCUT2D eigenvalue weighted by atomic mass is 10.1. The van der Waals surface area contributed by atoms with Gasteiger partial charge in [-0.15, -0.1) is 0 Å². The van der Waals surface area contributed by atoms with Crippen LogP contribution >= 0.6 is 15.9 Å². The first-order chi connectivity index (χ1) is 9.79. The smallest absolute Gasteiger partial charge is 0.380 e. The Balaban J connectivity index is 2.09. The van der Waals surface area contributed by atoms with E-state index < -0.39 is 17.8 Å². The lowest BCUT2D eigenvalue weighted by molar-refractivity contribution is -0.137. The van der Waals surface area contributed by atoms with Crippen molar-refractivity contribution in [3.8, 4) is 0 Å². The van der Waals surface area contributed by atoms with Crippen molar-refractivity contribution in [1.29, 1.82) is 0 Å². The quantitative estimate of drug-likeness (QED) is 0.864. The number of hydrogen-bond acceptors (Lipinski definition) is 3. The van der Waals surface area contributed by atoms with Crippen molar-refractivity contribution in [2.75, 3.05) is 19.0 Å². The van der Waals surface area contributed by atoms with Crippen LogP contribution in [0.15, 0.2) is 22.7 Å². The number of benzene rings is 1. The molecule has 1 saturated heterocycles. The number of carbonyl (C=O) groups excluding carboxylic acids is 1. The van der Waals surface area contributed by atoms with Gasteiger partial charge in [0.05, 0.1) is 17.7 Å². The Morgan fingerprint density at radius 1 is 1.43 bits per heavy atom. The average Bonchev–Trinajstić information content (AvgIpc) is 2.85. The third-order valence-corrected chi connectivity index (χ3v) is 3.69. The van der Waals surface area contributed by atoms with E-state index in [9.17, 15) is 18.0 Å². The summed E-state index contributed by atoms with van der Waals surface area (Å²) < 4.78 is 43.5. The van der Waals surface area contributed by atoms with E-state index in [0.717, 1.165) is 12.1 Å².